The molecule has 0 saturated heterocycles. The fraction of sp³-hybridized carbons (Fsp3) is 0.308. The molecule has 0 spiro atoms. The summed E-state index contributed by atoms with van der Waals surface area (Å²) in [6.07, 6.45) is 0.975. The molecule has 3 N–H and O–H groups in total. The highest BCUT2D eigenvalue weighted by atomic mass is 32.1. The zero-order valence-corrected chi connectivity index (χ0v) is 10.7. The molecule has 17 heavy (non-hydrogen) atoms. The summed E-state index contributed by atoms with van der Waals surface area (Å²) in [6, 6.07) is 10.1. The lowest BCUT2D eigenvalue weighted by Crippen LogP contribution is -2.20. The van der Waals surface area contributed by atoms with Crippen LogP contribution in [-0.4, -0.2) is 11.5 Å². The van der Waals surface area contributed by atoms with Crippen molar-refractivity contribution in [3.63, 3.8) is 0 Å². The summed E-state index contributed by atoms with van der Waals surface area (Å²) in [6.45, 7) is 2.81. The molecule has 1 unspecified atom stereocenters. The van der Waals surface area contributed by atoms with Gasteiger partial charge in [-0.2, -0.15) is 0 Å². The number of thiazole rings is 1. The van der Waals surface area contributed by atoms with E-state index in [4.69, 9.17) is 5.73 Å². The lowest BCUT2D eigenvalue weighted by Gasteiger charge is -2.12. The maximum absolute atomic E-state index is 6.10. The summed E-state index contributed by atoms with van der Waals surface area (Å²) in [5.74, 6) is 0. The van der Waals surface area contributed by atoms with Gasteiger partial charge in [-0.05, 0) is 12.0 Å². The first-order valence-electron chi connectivity index (χ1n) is 5.78. The number of nitrogens with one attached hydrogen (secondary N) is 1. The van der Waals surface area contributed by atoms with Crippen molar-refractivity contribution in [3.8, 4) is 0 Å². The molecule has 3 nitrogen and oxygen atoms in total. The Hall–Kier alpha value is -1.39. The van der Waals surface area contributed by atoms with Crippen LogP contribution in [0.15, 0.2) is 35.7 Å². The van der Waals surface area contributed by atoms with E-state index in [2.05, 4.69) is 22.6 Å². The summed E-state index contributed by atoms with van der Waals surface area (Å²) in [4.78, 5) is 4.45. The molecule has 0 radical (unpaired) electrons. The summed E-state index contributed by atoms with van der Waals surface area (Å²) in [7, 11) is 0. The standard InChI is InChI=1S/C13H17N3S/c1-2-11-9-17-13(16-11)15-8-12(14)10-6-4-3-5-7-10/h3-7,9,12H,2,8,14H2,1H3,(H,15,16). The van der Waals surface area contributed by atoms with E-state index in [1.807, 2.05) is 30.3 Å². The second-order valence-corrected chi connectivity index (χ2v) is 4.75. The lowest BCUT2D eigenvalue weighted by molar-refractivity contribution is 0.763. The third-order valence-corrected chi connectivity index (χ3v) is 3.46. The van der Waals surface area contributed by atoms with Crippen molar-refractivity contribution in [2.45, 2.75) is 19.4 Å². The van der Waals surface area contributed by atoms with Gasteiger partial charge in [0.25, 0.3) is 0 Å². The van der Waals surface area contributed by atoms with Crippen molar-refractivity contribution in [2.75, 3.05) is 11.9 Å². The molecule has 0 saturated carbocycles. The topological polar surface area (TPSA) is 50.9 Å². The quantitative estimate of drug-likeness (QED) is 0.854. The van der Waals surface area contributed by atoms with Crippen molar-refractivity contribution in [2.24, 2.45) is 5.73 Å². The van der Waals surface area contributed by atoms with Gasteiger partial charge in [0.1, 0.15) is 0 Å². The molecule has 1 atom stereocenters. The predicted molar refractivity (Wildman–Crippen MR) is 73.4 cm³/mol. The molecule has 1 heterocycles. The molecular weight excluding hydrogens is 230 g/mol. The van der Waals surface area contributed by atoms with Gasteiger partial charge in [-0.3, -0.25) is 0 Å². The van der Waals surface area contributed by atoms with E-state index in [1.54, 1.807) is 11.3 Å². The molecule has 90 valence electrons. The van der Waals surface area contributed by atoms with Gasteiger partial charge in [0.05, 0.1) is 5.69 Å². The van der Waals surface area contributed by atoms with Gasteiger partial charge in [-0.15, -0.1) is 11.3 Å². The van der Waals surface area contributed by atoms with E-state index in [1.165, 1.54) is 0 Å². The van der Waals surface area contributed by atoms with Crippen molar-refractivity contribution in [1.29, 1.82) is 0 Å². The van der Waals surface area contributed by atoms with Crippen molar-refractivity contribution >= 4 is 16.5 Å². The molecule has 0 bridgehead atoms. The highest BCUT2D eigenvalue weighted by Gasteiger charge is 2.06. The molecule has 0 aliphatic carbocycles. The number of hydrogen-bond donors (Lipinski definition) is 2. The first-order chi connectivity index (χ1) is 8.29. The van der Waals surface area contributed by atoms with Gasteiger partial charge >= 0.3 is 0 Å². The highest BCUT2D eigenvalue weighted by Crippen LogP contribution is 2.17. The van der Waals surface area contributed by atoms with E-state index in [0.29, 0.717) is 6.54 Å². The SMILES string of the molecule is CCc1csc(NCC(N)c2ccccc2)n1. The first-order valence-corrected chi connectivity index (χ1v) is 6.66. The van der Waals surface area contributed by atoms with Crippen LogP contribution in [0.4, 0.5) is 5.13 Å². The molecule has 0 aliphatic heterocycles. The van der Waals surface area contributed by atoms with Gasteiger partial charge in [-0.1, -0.05) is 37.3 Å². The molecule has 2 rings (SSSR count). The molecule has 4 heteroatoms. The van der Waals surface area contributed by atoms with Crippen LogP contribution in [0.3, 0.4) is 0 Å². The van der Waals surface area contributed by atoms with E-state index >= 15 is 0 Å². The Morgan fingerprint density at radius 3 is 2.76 bits per heavy atom. The molecule has 1 aromatic heterocycles. The Labute approximate surface area is 106 Å². The molecule has 0 aliphatic rings. The molecular formula is C13H17N3S. The predicted octanol–water partition coefficient (Wildman–Crippen LogP) is 2.82. The van der Waals surface area contributed by atoms with Crippen LogP contribution in [-0.2, 0) is 6.42 Å². The van der Waals surface area contributed by atoms with Crippen LogP contribution in [0.5, 0.6) is 0 Å². The summed E-state index contributed by atoms with van der Waals surface area (Å²) in [5.41, 5.74) is 8.37. The molecule has 0 amide bonds. The zero-order valence-electron chi connectivity index (χ0n) is 9.89. The largest absolute Gasteiger partial charge is 0.360 e. The maximum atomic E-state index is 6.10. The van der Waals surface area contributed by atoms with Gasteiger partial charge in [-0.25, -0.2) is 4.98 Å². The fourth-order valence-corrected chi connectivity index (χ4v) is 2.37. The Balaban J connectivity index is 1.90. The number of nitrogens with zero attached hydrogens (tertiary/aromatic N) is 1. The minimum absolute atomic E-state index is 0.00479. The third kappa shape index (κ3) is 3.28. The summed E-state index contributed by atoms with van der Waals surface area (Å²) in [5, 5.41) is 6.31. The Bertz CT molecular complexity index is 453. The van der Waals surface area contributed by atoms with Crippen LogP contribution in [0, 0.1) is 0 Å². The van der Waals surface area contributed by atoms with Crippen molar-refractivity contribution < 1.29 is 0 Å². The van der Waals surface area contributed by atoms with Gasteiger partial charge in [0, 0.05) is 18.0 Å². The Kier molecular flexibility index (Phi) is 4.12. The van der Waals surface area contributed by atoms with Crippen molar-refractivity contribution in [1.82, 2.24) is 4.98 Å². The number of hydrogen-bond acceptors (Lipinski definition) is 4. The smallest absolute Gasteiger partial charge is 0.182 e. The molecule has 1 aromatic carbocycles. The average Bonchev–Trinajstić information content (AvgIpc) is 2.85. The van der Waals surface area contributed by atoms with Crippen LogP contribution in [0.1, 0.15) is 24.2 Å². The monoisotopic (exact) mass is 247 g/mol. The van der Waals surface area contributed by atoms with E-state index in [0.717, 1.165) is 22.8 Å². The second kappa shape index (κ2) is 5.80. The Morgan fingerprint density at radius 1 is 1.35 bits per heavy atom. The van der Waals surface area contributed by atoms with E-state index in [9.17, 15) is 0 Å². The fourth-order valence-electron chi connectivity index (χ4n) is 1.57. The van der Waals surface area contributed by atoms with Gasteiger partial charge in [0.15, 0.2) is 5.13 Å². The molecule has 2 aromatic rings. The second-order valence-electron chi connectivity index (χ2n) is 3.90. The zero-order chi connectivity index (χ0) is 12.1. The lowest BCUT2D eigenvalue weighted by atomic mass is 10.1. The summed E-state index contributed by atoms with van der Waals surface area (Å²) < 4.78 is 0. The number of anilines is 1. The number of aromatic nitrogens is 1. The van der Waals surface area contributed by atoms with Crippen LogP contribution in [0.2, 0.25) is 0 Å². The normalized spacial score (nSPS) is 12.4. The van der Waals surface area contributed by atoms with Crippen LogP contribution in [0.25, 0.3) is 0 Å². The minimum atomic E-state index is 0.00479. The Morgan fingerprint density at radius 2 is 2.12 bits per heavy atom. The summed E-state index contributed by atoms with van der Waals surface area (Å²) >= 11 is 1.63. The first kappa shape index (κ1) is 12.1. The number of rotatable bonds is 5. The van der Waals surface area contributed by atoms with Crippen LogP contribution >= 0.6 is 11.3 Å². The van der Waals surface area contributed by atoms with Crippen LogP contribution < -0.4 is 11.1 Å². The third-order valence-electron chi connectivity index (χ3n) is 2.61. The number of aryl methyl sites for hydroxylation is 1. The molecule has 0 fully saturated rings. The number of benzene rings is 1. The van der Waals surface area contributed by atoms with E-state index in [-0.39, 0.29) is 6.04 Å². The maximum Gasteiger partial charge on any atom is 0.182 e. The minimum Gasteiger partial charge on any atom is -0.360 e. The average molecular weight is 247 g/mol. The number of nitrogens with two attached hydrogens (primary N) is 1. The van der Waals surface area contributed by atoms with E-state index < -0.39 is 0 Å². The van der Waals surface area contributed by atoms with Gasteiger partial charge in [0.2, 0.25) is 0 Å². The van der Waals surface area contributed by atoms with Crippen molar-refractivity contribution in [3.05, 3.63) is 47.0 Å². The highest BCUT2D eigenvalue weighted by molar-refractivity contribution is 7.13. The van der Waals surface area contributed by atoms with Gasteiger partial charge < -0.3 is 11.1 Å².